The SMILES string of the molecule is COc1ccc(CN2CCN(C(=O)CCc3ncc(-c4ccc(F)cc4)o3)CC2)cc1F. The maximum Gasteiger partial charge on any atom is 0.223 e. The zero-order chi connectivity index (χ0) is 22.5. The first-order valence-electron chi connectivity index (χ1n) is 10.5. The number of methoxy groups -OCH3 is 1. The van der Waals surface area contributed by atoms with E-state index < -0.39 is 0 Å². The third kappa shape index (κ3) is 5.31. The van der Waals surface area contributed by atoms with Crippen LogP contribution in [-0.2, 0) is 17.8 Å². The molecule has 0 bridgehead atoms. The summed E-state index contributed by atoms with van der Waals surface area (Å²) in [4.78, 5) is 20.9. The molecule has 0 unspecified atom stereocenters. The van der Waals surface area contributed by atoms with Crippen molar-refractivity contribution in [3.8, 4) is 17.1 Å². The molecule has 1 aliphatic rings. The van der Waals surface area contributed by atoms with Gasteiger partial charge in [-0.1, -0.05) is 6.07 Å². The Morgan fingerprint density at radius 2 is 1.84 bits per heavy atom. The Morgan fingerprint density at radius 3 is 2.53 bits per heavy atom. The van der Waals surface area contributed by atoms with Gasteiger partial charge in [-0.15, -0.1) is 0 Å². The summed E-state index contributed by atoms with van der Waals surface area (Å²) < 4.78 is 37.6. The van der Waals surface area contributed by atoms with Gasteiger partial charge >= 0.3 is 0 Å². The van der Waals surface area contributed by atoms with E-state index in [9.17, 15) is 13.6 Å². The predicted molar refractivity (Wildman–Crippen MR) is 115 cm³/mol. The average molecular weight is 441 g/mol. The molecule has 1 amide bonds. The Morgan fingerprint density at radius 1 is 1.09 bits per heavy atom. The Balaban J connectivity index is 1.23. The molecule has 1 aromatic heterocycles. The number of carbonyl (C=O) groups is 1. The van der Waals surface area contributed by atoms with Crippen LogP contribution < -0.4 is 4.74 Å². The van der Waals surface area contributed by atoms with Crippen molar-refractivity contribution in [2.24, 2.45) is 0 Å². The molecule has 0 aliphatic carbocycles. The zero-order valence-electron chi connectivity index (χ0n) is 17.9. The van der Waals surface area contributed by atoms with Crippen molar-refractivity contribution in [2.75, 3.05) is 33.3 Å². The zero-order valence-corrected chi connectivity index (χ0v) is 17.9. The van der Waals surface area contributed by atoms with Crippen molar-refractivity contribution in [3.05, 3.63) is 71.8 Å². The van der Waals surface area contributed by atoms with Gasteiger partial charge in [0, 0.05) is 51.1 Å². The van der Waals surface area contributed by atoms with Gasteiger partial charge in [0.2, 0.25) is 5.91 Å². The fraction of sp³-hybridized carbons (Fsp3) is 0.333. The largest absolute Gasteiger partial charge is 0.494 e. The summed E-state index contributed by atoms with van der Waals surface area (Å²) in [6, 6.07) is 11.0. The molecule has 8 heteroatoms. The van der Waals surface area contributed by atoms with Crippen molar-refractivity contribution in [2.45, 2.75) is 19.4 Å². The predicted octanol–water partition coefficient (Wildman–Crippen LogP) is 3.91. The topological polar surface area (TPSA) is 58.8 Å². The van der Waals surface area contributed by atoms with Gasteiger partial charge in [-0.3, -0.25) is 9.69 Å². The lowest BCUT2D eigenvalue weighted by Crippen LogP contribution is -2.48. The van der Waals surface area contributed by atoms with Crippen molar-refractivity contribution in [1.29, 1.82) is 0 Å². The van der Waals surface area contributed by atoms with Crippen LogP contribution in [0.4, 0.5) is 8.78 Å². The quantitative estimate of drug-likeness (QED) is 0.557. The Labute approximate surface area is 185 Å². The van der Waals surface area contributed by atoms with E-state index in [2.05, 4.69) is 9.88 Å². The molecule has 3 aromatic rings. The fourth-order valence-electron chi connectivity index (χ4n) is 3.77. The number of halogens is 2. The van der Waals surface area contributed by atoms with Crippen LogP contribution in [0, 0.1) is 11.6 Å². The highest BCUT2D eigenvalue weighted by molar-refractivity contribution is 5.76. The number of carbonyl (C=O) groups excluding carboxylic acids is 1. The number of benzene rings is 2. The second-order valence-corrected chi connectivity index (χ2v) is 7.75. The summed E-state index contributed by atoms with van der Waals surface area (Å²) in [7, 11) is 1.45. The van der Waals surface area contributed by atoms with Gasteiger partial charge in [0.25, 0.3) is 0 Å². The molecular weight excluding hydrogens is 416 g/mol. The van der Waals surface area contributed by atoms with E-state index in [1.165, 1.54) is 25.3 Å². The van der Waals surface area contributed by atoms with Gasteiger partial charge in [0.05, 0.1) is 13.3 Å². The number of ether oxygens (including phenoxy) is 1. The fourth-order valence-corrected chi connectivity index (χ4v) is 3.77. The van der Waals surface area contributed by atoms with Crippen LogP contribution in [0.2, 0.25) is 0 Å². The van der Waals surface area contributed by atoms with Crippen molar-refractivity contribution in [1.82, 2.24) is 14.8 Å². The van der Waals surface area contributed by atoms with Gasteiger partial charge in [-0.05, 0) is 42.0 Å². The number of aromatic nitrogens is 1. The summed E-state index contributed by atoms with van der Waals surface area (Å²) >= 11 is 0. The minimum Gasteiger partial charge on any atom is -0.494 e. The van der Waals surface area contributed by atoms with E-state index in [0.29, 0.717) is 44.1 Å². The number of aryl methyl sites for hydroxylation is 1. The molecule has 6 nitrogen and oxygen atoms in total. The number of rotatable bonds is 7. The number of oxazole rings is 1. The maximum absolute atomic E-state index is 13.9. The number of hydrogen-bond acceptors (Lipinski definition) is 5. The highest BCUT2D eigenvalue weighted by atomic mass is 19.1. The highest BCUT2D eigenvalue weighted by Gasteiger charge is 2.22. The van der Waals surface area contributed by atoms with Gasteiger partial charge in [-0.2, -0.15) is 0 Å². The summed E-state index contributed by atoms with van der Waals surface area (Å²) in [6.07, 6.45) is 2.31. The minimum absolute atomic E-state index is 0.0571. The number of amides is 1. The van der Waals surface area contributed by atoms with Gasteiger partial charge in [0.15, 0.2) is 23.2 Å². The number of piperazine rings is 1. The number of hydrogen-bond donors (Lipinski definition) is 0. The Hall–Kier alpha value is -3.26. The first-order valence-corrected chi connectivity index (χ1v) is 10.5. The monoisotopic (exact) mass is 441 g/mol. The molecule has 1 fully saturated rings. The maximum atomic E-state index is 13.9. The Bertz CT molecular complexity index is 1060. The van der Waals surface area contributed by atoms with Crippen LogP contribution in [0.5, 0.6) is 5.75 Å². The molecule has 0 atom stereocenters. The van der Waals surface area contributed by atoms with Crippen molar-refractivity contribution in [3.63, 3.8) is 0 Å². The lowest BCUT2D eigenvalue weighted by Gasteiger charge is -2.34. The molecule has 4 rings (SSSR count). The second-order valence-electron chi connectivity index (χ2n) is 7.75. The normalized spacial score (nSPS) is 14.5. The molecule has 1 saturated heterocycles. The molecule has 32 heavy (non-hydrogen) atoms. The van der Waals surface area contributed by atoms with Crippen LogP contribution >= 0.6 is 0 Å². The lowest BCUT2D eigenvalue weighted by atomic mass is 10.1. The van der Waals surface area contributed by atoms with Gasteiger partial charge < -0.3 is 14.1 Å². The van der Waals surface area contributed by atoms with Crippen LogP contribution in [-0.4, -0.2) is 54.0 Å². The van der Waals surface area contributed by atoms with E-state index in [-0.39, 0.29) is 23.3 Å². The second kappa shape index (κ2) is 9.91. The van der Waals surface area contributed by atoms with E-state index in [4.69, 9.17) is 9.15 Å². The molecule has 0 N–H and O–H groups in total. The van der Waals surface area contributed by atoms with Crippen molar-refractivity contribution >= 4 is 5.91 Å². The molecule has 1 aliphatic heterocycles. The van der Waals surface area contributed by atoms with Gasteiger partial charge in [0.1, 0.15) is 5.82 Å². The van der Waals surface area contributed by atoms with Crippen LogP contribution in [0.15, 0.2) is 53.1 Å². The van der Waals surface area contributed by atoms with Crippen molar-refractivity contribution < 1.29 is 22.7 Å². The molecule has 0 radical (unpaired) electrons. The van der Waals surface area contributed by atoms with Gasteiger partial charge in [-0.25, -0.2) is 13.8 Å². The molecule has 2 aromatic carbocycles. The third-order valence-electron chi connectivity index (χ3n) is 5.58. The number of nitrogens with zero attached hydrogens (tertiary/aromatic N) is 3. The summed E-state index contributed by atoms with van der Waals surface area (Å²) in [6.45, 7) is 3.35. The van der Waals surface area contributed by atoms with E-state index >= 15 is 0 Å². The Kier molecular flexibility index (Phi) is 6.80. The lowest BCUT2D eigenvalue weighted by molar-refractivity contribution is -0.133. The molecule has 0 saturated carbocycles. The summed E-state index contributed by atoms with van der Waals surface area (Å²) in [5.74, 6) is 0.652. The van der Waals surface area contributed by atoms with E-state index in [1.54, 1.807) is 24.4 Å². The summed E-state index contributed by atoms with van der Waals surface area (Å²) in [5, 5.41) is 0. The first-order chi connectivity index (χ1) is 15.5. The first kappa shape index (κ1) is 22.0. The minimum atomic E-state index is -0.368. The molecular formula is C24H25F2N3O3. The van der Waals surface area contributed by atoms with E-state index in [0.717, 1.165) is 24.2 Å². The van der Waals surface area contributed by atoms with Crippen LogP contribution in [0.25, 0.3) is 11.3 Å². The smallest absolute Gasteiger partial charge is 0.223 e. The molecule has 0 spiro atoms. The van der Waals surface area contributed by atoms with Crippen LogP contribution in [0.3, 0.4) is 0 Å². The summed E-state index contributed by atoms with van der Waals surface area (Å²) in [5.41, 5.74) is 1.62. The van der Waals surface area contributed by atoms with Crippen LogP contribution in [0.1, 0.15) is 17.9 Å². The average Bonchev–Trinajstić information content (AvgIpc) is 3.28. The standard InChI is InChI=1S/C24H25F2N3O3/c1-31-21-7-2-17(14-20(21)26)16-28-10-12-29(13-11-28)24(30)9-8-23-27-15-22(32-23)18-3-5-19(25)6-4-18/h2-7,14-15H,8-13,16H2,1H3. The molecule has 2 heterocycles. The molecule has 168 valence electrons. The third-order valence-corrected chi connectivity index (χ3v) is 5.58. The highest BCUT2D eigenvalue weighted by Crippen LogP contribution is 2.22. The van der Waals surface area contributed by atoms with E-state index in [1.807, 2.05) is 11.0 Å².